The van der Waals surface area contributed by atoms with E-state index in [-0.39, 0.29) is 23.7 Å². The van der Waals surface area contributed by atoms with Gasteiger partial charge < -0.3 is 10.6 Å². The average molecular weight is 312 g/mol. The van der Waals surface area contributed by atoms with Crippen LogP contribution in [0, 0.1) is 11.8 Å². The third-order valence-electron chi connectivity index (χ3n) is 4.08. The molecular formula is C19H24N2O2. The second-order valence-corrected chi connectivity index (χ2v) is 5.72. The third kappa shape index (κ3) is 5.09. The lowest BCUT2D eigenvalue weighted by Gasteiger charge is -2.26. The molecule has 0 aromatic heterocycles. The number of hydrogen-bond donors (Lipinski definition) is 2. The molecule has 1 aliphatic rings. The Morgan fingerprint density at radius 1 is 1.04 bits per heavy atom. The molecule has 2 amide bonds. The topological polar surface area (TPSA) is 58.2 Å². The highest BCUT2D eigenvalue weighted by Crippen LogP contribution is 2.26. The SMILES string of the molecule is C=CCNC(=O)[C@@H]1CC=CC[C@H]1C(=O)NCCc1ccccc1. The highest BCUT2D eigenvalue weighted by molar-refractivity contribution is 5.88. The highest BCUT2D eigenvalue weighted by atomic mass is 16.2. The van der Waals surface area contributed by atoms with Gasteiger partial charge >= 0.3 is 0 Å². The van der Waals surface area contributed by atoms with Crippen LogP contribution in [-0.4, -0.2) is 24.9 Å². The largest absolute Gasteiger partial charge is 0.355 e. The van der Waals surface area contributed by atoms with E-state index in [1.165, 1.54) is 5.56 Å². The molecule has 0 bridgehead atoms. The number of hydrogen-bond acceptors (Lipinski definition) is 2. The molecule has 4 heteroatoms. The normalized spacial score (nSPS) is 19.8. The summed E-state index contributed by atoms with van der Waals surface area (Å²) < 4.78 is 0. The van der Waals surface area contributed by atoms with Crippen molar-refractivity contribution in [2.75, 3.05) is 13.1 Å². The molecule has 1 aliphatic carbocycles. The maximum absolute atomic E-state index is 12.4. The molecule has 1 aromatic rings. The minimum absolute atomic E-state index is 0.0379. The number of rotatable bonds is 7. The van der Waals surface area contributed by atoms with Crippen molar-refractivity contribution in [3.05, 3.63) is 60.7 Å². The number of carbonyl (C=O) groups excluding carboxylic acids is 2. The molecule has 0 saturated carbocycles. The fourth-order valence-electron chi connectivity index (χ4n) is 2.80. The molecule has 0 fully saturated rings. The Balaban J connectivity index is 1.86. The number of nitrogens with one attached hydrogen (secondary N) is 2. The summed E-state index contributed by atoms with van der Waals surface area (Å²) in [6, 6.07) is 10.0. The van der Waals surface area contributed by atoms with E-state index in [0.717, 1.165) is 6.42 Å². The quantitative estimate of drug-likeness (QED) is 0.759. The van der Waals surface area contributed by atoms with Gasteiger partial charge in [0.05, 0.1) is 11.8 Å². The van der Waals surface area contributed by atoms with Crippen molar-refractivity contribution in [3.63, 3.8) is 0 Å². The second kappa shape index (κ2) is 8.93. The maximum Gasteiger partial charge on any atom is 0.224 e. The van der Waals surface area contributed by atoms with Gasteiger partial charge in [-0.25, -0.2) is 0 Å². The molecular weight excluding hydrogens is 288 g/mol. The maximum atomic E-state index is 12.4. The van der Waals surface area contributed by atoms with Gasteiger partial charge in [0.15, 0.2) is 0 Å². The van der Waals surface area contributed by atoms with Gasteiger partial charge in [0, 0.05) is 13.1 Å². The van der Waals surface area contributed by atoms with Gasteiger partial charge in [-0.05, 0) is 24.8 Å². The van der Waals surface area contributed by atoms with Gasteiger partial charge in [-0.1, -0.05) is 48.6 Å². The second-order valence-electron chi connectivity index (χ2n) is 5.72. The molecule has 2 N–H and O–H groups in total. The minimum atomic E-state index is -0.295. The number of allylic oxidation sites excluding steroid dienone is 2. The van der Waals surface area contributed by atoms with Crippen LogP contribution in [-0.2, 0) is 16.0 Å². The lowest BCUT2D eigenvalue weighted by atomic mass is 9.81. The molecule has 0 spiro atoms. The monoisotopic (exact) mass is 312 g/mol. The van der Waals surface area contributed by atoms with Crippen LogP contribution in [0.25, 0.3) is 0 Å². The zero-order valence-electron chi connectivity index (χ0n) is 13.3. The van der Waals surface area contributed by atoms with E-state index in [9.17, 15) is 9.59 Å². The molecule has 0 unspecified atom stereocenters. The van der Waals surface area contributed by atoms with E-state index < -0.39 is 0 Å². The standard InChI is InChI=1S/C19H24N2O2/c1-2-13-20-18(22)16-10-6-7-11-17(16)19(23)21-14-12-15-8-4-3-5-9-15/h2-9,16-17H,1,10-14H2,(H,20,22)(H,21,23)/t16-,17-/m1/s1. The Labute approximate surface area is 137 Å². The van der Waals surface area contributed by atoms with Gasteiger partial charge in [0.1, 0.15) is 0 Å². The van der Waals surface area contributed by atoms with Gasteiger partial charge in [-0.2, -0.15) is 0 Å². The van der Waals surface area contributed by atoms with Gasteiger partial charge in [-0.15, -0.1) is 6.58 Å². The summed E-state index contributed by atoms with van der Waals surface area (Å²) in [6.07, 6.45) is 7.63. The molecule has 0 radical (unpaired) electrons. The third-order valence-corrected chi connectivity index (χ3v) is 4.08. The van der Waals surface area contributed by atoms with Crippen LogP contribution < -0.4 is 10.6 Å². The van der Waals surface area contributed by atoms with Crippen LogP contribution in [0.2, 0.25) is 0 Å². The van der Waals surface area contributed by atoms with E-state index in [1.54, 1.807) is 6.08 Å². The molecule has 4 nitrogen and oxygen atoms in total. The summed E-state index contributed by atoms with van der Waals surface area (Å²) >= 11 is 0. The van der Waals surface area contributed by atoms with Crippen LogP contribution >= 0.6 is 0 Å². The minimum Gasteiger partial charge on any atom is -0.355 e. The molecule has 2 rings (SSSR count). The van der Waals surface area contributed by atoms with Crippen molar-refractivity contribution in [1.29, 1.82) is 0 Å². The van der Waals surface area contributed by atoms with E-state index in [2.05, 4.69) is 17.2 Å². The Morgan fingerprint density at radius 3 is 2.26 bits per heavy atom. The molecule has 23 heavy (non-hydrogen) atoms. The van der Waals surface area contributed by atoms with E-state index in [4.69, 9.17) is 0 Å². The fraction of sp³-hybridized carbons (Fsp3) is 0.368. The smallest absolute Gasteiger partial charge is 0.224 e. The number of benzene rings is 1. The lowest BCUT2D eigenvalue weighted by molar-refractivity contribution is -0.134. The average Bonchev–Trinajstić information content (AvgIpc) is 2.60. The zero-order chi connectivity index (χ0) is 16.5. The summed E-state index contributed by atoms with van der Waals surface area (Å²) in [6.45, 7) is 4.61. The zero-order valence-corrected chi connectivity index (χ0v) is 13.3. The Morgan fingerprint density at radius 2 is 1.65 bits per heavy atom. The van der Waals surface area contributed by atoms with Crippen molar-refractivity contribution < 1.29 is 9.59 Å². The van der Waals surface area contributed by atoms with Crippen molar-refractivity contribution in [1.82, 2.24) is 10.6 Å². The number of amides is 2. The Hall–Kier alpha value is -2.36. The van der Waals surface area contributed by atoms with Crippen LogP contribution in [0.5, 0.6) is 0 Å². The van der Waals surface area contributed by atoms with Crippen LogP contribution in [0.15, 0.2) is 55.1 Å². The fourth-order valence-corrected chi connectivity index (χ4v) is 2.80. The van der Waals surface area contributed by atoms with Crippen LogP contribution in [0.4, 0.5) is 0 Å². The van der Waals surface area contributed by atoms with Crippen LogP contribution in [0.3, 0.4) is 0 Å². The molecule has 0 saturated heterocycles. The van der Waals surface area contributed by atoms with Crippen molar-refractivity contribution >= 4 is 11.8 Å². The van der Waals surface area contributed by atoms with Crippen molar-refractivity contribution in [2.24, 2.45) is 11.8 Å². The molecule has 0 aliphatic heterocycles. The van der Waals surface area contributed by atoms with Gasteiger partial charge in [-0.3, -0.25) is 9.59 Å². The summed E-state index contributed by atoms with van der Waals surface area (Å²) in [5, 5.41) is 5.77. The molecule has 1 aromatic carbocycles. The Bertz CT molecular complexity index is 566. The first-order valence-electron chi connectivity index (χ1n) is 8.07. The van der Waals surface area contributed by atoms with E-state index >= 15 is 0 Å². The summed E-state index contributed by atoms with van der Waals surface area (Å²) in [4.78, 5) is 24.6. The predicted molar refractivity (Wildman–Crippen MR) is 91.7 cm³/mol. The number of carbonyl (C=O) groups is 2. The van der Waals surface area contributed by atoms with Crippen LogP contribution in [0.1, 0.15) is 18.4 Å². The Kier molecular flexibility index (Phi) is 6.60. The first-order valence-corrected chi connectivity index (χ1v) is 8.07. The molecule has 0 heterocycles. The molecule has 2 atom stereocenters. The highest BCUT2D eigenvalue weighted by Gasteiger charge is 2.33. The molecule has 122 valence electrons. The summed E-state index contributed by atoms with van der Waals surface area (Å²) in [5.74, 6) is -0.696. The van der Waals surface area contributed by atoms with Gasteiger partial charge in [0.2, 0.25) is 11.8 Å². The van der Waals surface area contributed by atoms with E-state index in [1.807, 2.05) is 42.5 Å². The van der Waals surface area contributed by atoms with Gasteiger partial charge in [0.25, 0.3) is 0 Å². The first-order chi connectivity index (χ1) is 11.2. The summed E-state index contributed by atoms with van der Waals surface area (Å²) in [7, 11) is 0. The van der Waals surface area contributed by atoms with Crippen molar-refractivity contribution in [3.8, 4) is 0 Å². The lowest BCUT2D eigenvalue weighted by Crippen LogP contribution is -2.43. The van der Waals surface area contributed by atoms with Crippen molar-refractivity contribution in [2.45, 2.75) is 19.3 Å². The predicted octanol–water partition coefficient (Wildman–Crippen LogP) is 2.23. The summed E-state index contributed by atoms with van der Waals surface area (Å²) in [5.41, 5.74) is 1.19. The first kappa shape index (κ1) is 17.0. The van der Waals surface area contributed by atoms with E-state index in [0.29, 0.717) is 25.9 Å².